The summed E-state index contributed by atoms with van der Waals surface area (Å²) in [5.74, 6) is 0.0643. The van der Waals surface area contributed by atoms with Crippen molar-refractivity contribution in [2.45, 2.75) is 64.0 Å². The van der Waals surface area contributed by atoms with E-state index in [0.29, 0.717) is 6.42 Å². The van der Waals surface area contributed by atoms with E-state index in [1.807, 2.05) is 13.8 Å². The standard InChI is InChI=1S/C12H23NO2/c1-10(2)13(3)11(14)9-12(15)7-5-4-6-8-12/h10,15H,4-9H2,1-3H3. The Morgan fingerprint density at radius 3 is 2.33 bits per heavy atom. The zero-order valence-corrected chi connectivity index (χ0v) is 10.1. The Balaban J connectivity index is 2.49. The summed E-state index contributed by atoms with van der Waals surface area (Å²) in [6.07, 6.45) is 5.15. The summed E-state index contributed by atoms with van der Waals surface area (Å²) < 4.78 is 0. The highest BCUT2D eigenvalue weighted by Crippen LogP contribution is 2.31. The number of carbonyl (C=O) groups is 1. The third-order valence-corrected chi connectivity index (χ3v) is 3.43. The Kier molecular flexibility index (Phi) is 4.14. The molecule has 0 aromatic carbocycles. The molecule has 1 aliphatic carbocycles. The number of hydrogen-bond acceptors (Lipinski definition) is 2. The Morgan fingerprint density at radius 2 is 1.87 bits per heavy atom. The van der Waals surface area contributed by atoms with Gasteiger partial charge in [-0.2, -0.15) is 0 Å². The Morgan fingerprint density at radius 1 is 1.33 bits per heavy atom. The quantitative estimate of drug-likeness (QED) is 0.778. The van der Waals surface area contributed by atoms with E-state index in [2.05, 4.69) is 0 Å². The predicted octanol–water partition coefficient (Wildman–Crippen LogP) is 1.94. The molecule has 0 aromatic heterocycles. The summed E-state index contributed by atoms with van der Waals surface area (Å²) in [6, 6.07) is 0.213. The van der Waals surface area contributed by atoms with Gasteiger partial charge in [-0.15, -0.1) is 0 Å². The first-order valence-corrected chi connectivity index (χ1v) is 5.93. The fourth-order valence-electron chi connectivity index (χ4n) is 2.08. The number of aliphatic hydroxyl groups is 1. The molecule has 88 valence electrons. The van der Waals surface area contributed by atoms with E-state index in [1.54, 1.807) is 11.9 Å². The van der Waals surface area contributed by atoms with Crippen LogP contribution in [0.1, 0.15) is 52.4 Å². The van der Waals surface area contributed by atoms with Crippen molar-refractivity contribution in [2.24, 2.45) is 0 Å². The van der Waals surface area contributed by atoms with Crippen molar-refractivity contribution in [3.05, 3.63) is 0 Å². The second-order valence-electron chi connectivity index (χ2n) is 5.06. The highest BCUT2D eigenvalue weighted by molar-refractivity contribution is 5.77. The molecule has 1 N–H and O–H groups in total. The van der Waals surface area contributed by atoms with Crippen LogP contribution in [0.15, 0.2) is 0 Å². The van der Waals surface area contributed by atoms with Gasteiger partial charge >= 0.3 is 0 Å². The summed E-state index contributed by atoms with van der Waals surface area (Å²) in [7, 11) is 1.80. The fourth-order valence-corrected chi connectivity index (χ4v) is 2.08. The van der Waals surface area contributed by atoms with Gasteiger partial charge in [-0.05, 0) is 26.7 Å². The lowest BCUT2D eigenvalue weighted by Crippen LogP contribution is -2.41. The highest BCUT2D eigenvalue weighted by atomic mass is 16.3. The number of carbonyl (C=O) groups excluding carboxylic acids is 1. The minimum absolute atomic E-state index is 0.0643. The zero-order chi connectivity index (χ0) is 11.5. The number of nitrogens with zero attached hydrogens (tertiary/aromatic N) is 1. The van der Waals surface area contributed by atoms with E-state index in [1.165, 1.54) is 6.42 Å². The molecule has 0 atom stereocenters. The molecule has 3 nitrogen and oxygen atoms in total. The molecule has 3 heteroatoms. The molecule has 0 radical (unpaired) electrons. The van der Waals surface area contributed by atoms with Crippen LogP contribution in [0.2, 0.25) is 0 Å². The molecular weight excluding hydrogens is 190 g/mol. The van der Waals surface area contributed by atoms with Crippen LogP contribution < -0.4 is 0 Å². The molecule has 1 amide bonds. The number of rotatable bonds is 3. The number of hydrogen-bond donors (Lipinski definition) is 1. The average molecular weight is 213 g/mol. The van der Waals surface area contributed by atoms with Crippen LogP contribution in [0.3, 0.4) is 0 Å². The van der Waals surface area contributed by atoms with Crippen molar-refractivity contribution in [3.63, 3.8) is 0 Å². The molecule has 0 saturated heterocycles. The third-order valence-electron chi connectivity index (χ3n) is 3.43. The van der Waals surface area contributed by atoms with E-state index in [0.717, 1.165) is 25.7 Å². The molecule has 1 aliphatic rings. The molecular formula is C12H23NO2. The molecule has 1 fully saturated rings. The summed E-state index contributed by atoms with van der Waals surface area (Å²) in [6.45, 7) is 3.98. The molecule has 1 rings (SSSR count). The van der Waals surface area contributed by atoms with E-state index in [4.69, 9.17) is 0 Å². The van der Waals surface area contributed by atoms with Crippen molar-refractivity contribution in [1.29, 1.82) is 0 Å². The van der Waals surface area contributed by atoms with Crippen LogP contribution in [0.4, 0.5) is 0 Å². The van der Waals surface area contributed by atoms with Crippen molar-refractivity contribution >= 4 is 5.91 Å². The lowest BCUT2D eigenvalue weighted by molar-refractivity contribution is -0.137. The van der Waals surface area contributed by atoms with E-state index in [9.17, 15) is 9.90 Å². The van der Waals surface area contributed by atoms with Gasteiger partial charge in [0.15, 0.2) is 0 Å². The smallest absolute Gasteiger partial charge is 0.225 e. The monoisotopic (exact) mass is 213 g/mol. The minimum Gasteiger partial charge on any atom is -0.389 e. The lowest BCUT2D eigenvalue weighted by atomic mass is 9.82. The Labute approximate surface area is 92.5 Å². The van der Waals surface area contributed by atoms with E-state index in [-0.39, 0.29) is 11.9 Å². The molecule has 0 aliphatic heterocycles. The van der Waals surface area contributed by atoms with Crippen LogP contribution in [0.5, 0.6) is 0 Å². The first-order chi connectivity index (χ1) is 6.94. The first-order valence-electron chi connectivity index (χ1n) is 5.93. The van der Waals surface area contributed by atoms with Crippen molar-refractivity contribution in [3.8, 4) is 0 Å². The minimum atomic E-state index is -0.724. The molecule has 0 spiro atoms. The van der Waals surface area contributed by atoms with Gasteiger partial charge in [-0.25, -0.2) is 0 Å². The van der Waals surface area contributed by atoms with Crippen LogP contribution in [0.25, 0.3) is 0 Å². The van der Waals surface area contributed by atoms with Crippen molar-refractivity contribution in [2.75, 3.05) is 7.05 Å². The topological polar surface area (TPSA) is 40.5 Å². The fraction of sp³-hybridized carbons (Fsp3) is 0.917. The highest BCUT2D eigenvalue weighted by Gasteiger charge is 2.32. The van der Waals surface area contributed by atoms with Gasteiger partial charge in [0.2, 0.25) is 5.91 Å². The van der Waals surface area contributed by atoms with Crippen LogP contribution in [-0.4, -0.2) is 34.6 Å². The van der Waals surface area contributed by atoms with Gasteiger partial charge in [0.25, 0.3) is 0 Å². The summed E-state index contributed by atoms with van der Waals surface area (Å²) in [4.78, 5) is 13.5. The van der Waals surface area contributed by atoms with Gasteiger partial charge in [-0.3, -0.25) is 4.79 Å². The second-order valence-corrected chi connectivity index (χ2v) is 5.06. The Bertz CT molecular complexity index is 220. The second kappa shape index (κ2) is 4.97. The summed E-state index contributed by atoms with van der Waals surface area (Å²) in [5, 5.41) is 10.2. The van der Waals surface area contributed by atoms with Gasteiger partial charge in [0, 0.05) is 13.1 Å². The number of amides is 1. The maximum absolute atomic E-state index is 11.8. The van der Waals surface area contributed by atoms with Crippen molar-refractivity contribution < 1.29 is 9.90 Å². The maximum atomic E-state index is 11.8. The average Bonchev–Trinajstić information content (AvgIpc) is 2.16. The van der Waals surface area contributed by atoms with Crippen molar-refractivity contribution in [1.82, 2.24) is 4.90 Å². The molecule has 1 saturated carbocycles. The largest absolute Gasteiger partial charge is 0.389 e. The first kappa shape index (κ1) is 12.5. The molecule has 15 heavy (non-hydrogen) atoms. The molecule has 0 heterocycles. The zero-order valence-electron chi connectivity index (χ0n) is 10.1. The van der Waals surface area contributed by atoms with Crippen LogP contribution in [0, 0.1) is 0 Å². The molecule has 0 aromatic rings. The van der Waals surface area contributed by atoms with Gasteiger partial charge in [-0.1, -0.05) is 19.3 Å². The van der Waals surface area contributed by atoms with E-state index < -0.39 is 5.60 Å². The maximum Gasteiger partial charge on any atom is 0.225 e. The molecule has 0 unspecified atom stereocenters. The normalized spacial score (nSPS) is 20.3. The summed E-state index contributed by atoms with van der Waals surface area (Å²) >= 11 is 0. The van der Waals surface area contributed by atoms with Gasteiger partial charge in [0.05, 0.1) is 12.0 Å². The third kappa shape index (κ3) is 3.49. The molecule has 0 bridgehead atoms. The van der Waals surface area contributed by atoms with E-state index >= 15 is 0 Å². The van der Waals surface area contributed by atoms with Crippen LogP contribution in [-0.2, 0) is 4.79 Å². The summed E-state index contributed by atoms with van der Waals surface area (Å²) in [5.41, 5.74) is -0.724. The van der Waals surface area contributed by atoms with Gasteiger partial charge < -0.3 is 10.0 Å². The van der Waals surface area contributed by atoms with Gasteiger partial charge in [0.1, 0.15) is 0 Å². The lowest BCUT2D eigenvalue weighted by Gasteiger charge is -2.33. The Hall–Kier alpha value is -0.570. The SMILES string of the molecule is CC(C)N(C)C(=O)CC1(O)CCCCC1. The van der Waals surface area contributed by atoms with Crippen LogP contribution >= 0.6 is 0 Å². The predicted molar refractivity (Wildman–Crippen MR) is 60.6 cm³/mol.